The average Bonchev–Trinajstić information content (AvgIpc) is 3.19. The fourth-order valence-electron chi connectivity index (χ4n) is 3.46. The molecule has 0 aromatic carbocycles. The molecule has 0 unspecified atom stereocenters. The fourth-order valence-corrected chi connectivity index (χ4v) is 3.46. The van der Waals surface area contributed by atoms with E-state index in [0.29, 0.717) is 12.4 Å². The summed E-state index contributed by atoms with van der Waals surface area (Å²) in [5, 5.41) is 4.50. The third kappa shape index (κ3) is 5.86. The van der Waals surface area contributed by atoms with Crippen LogP contribution in [-0.2, 0) is 11.3 Å². The van der Waals surface area contributed by atoms with Crippen LogP contribution in [0.3, 0.4) is 0 Å². The van der Waals surface area contributed by atoms with Crippen molar-refractivity contribution in [3.63, 3.8) is 0 Å². The fraction of sp³-hybridized carbons (Fsp3) is 0.385. The van der Waals surface area contributed by atoms with Gasteiger partial charge in [-0.25, -0.2) is 9.78 Å². The van der Waals surface area contributed by atoms with Crippen LogP contribution in [0.4, 0.5) is 10.6 Å². The van der Waals surface area contributed by atoms with E-state index in [-0.39, 0.29) is 0 Å². The first-order valence-electron chi connectivity index (χ1n) is 11.4. The molecule has 4 rings (SSSR count). The van der Waals surface area contributed by atoms with Gasteiger partial charge < -0.3 is 4.74 Å². The van der Waals surface area contributed by atoms with E-state index in [9.17, 15) is 4.79 Å². The zero-order chi connectivity index (χ0) is 24.0. The Morgan fingerprint density at radius 1 is 1.24 bits per heavy atom. The van der Waals surface area contributed by atoms with Gasteiger partial charge >= 0.3 is 6.09 Å². The molecule has 0 saturated heterocycles. The quantitative estimate of drug-likeness (QED) is 0.481. The first-order chi connectivity index (χ1) is 15.8. The number of pyridine rings is 1. The Kier molecular flexibility index (Phi) is 7.63. The van der Waals surface area contributed by atoms with Gasteiger partial charge in [-0.2, -0.15) is 9.61 Å². The van der Waals surface area contributed by atoms with Gasteiger partial charge in [0, 0.05) is 24.0 Å². The van der Waals surface area contributed by atoms with E-state index in [2.05, 4.69) is 28.3 Å². The summed E-state index contributed by atoms with van der Waals surface area (Å²) in [5.41, 5.74) is 3.91. The summed E-state index contributed by atoms with van der Waals surface area (Å²) in [7, 11) is 0. The smallest absolute Gasteiger partial charge is 0.416 e. The van der Waals surface area contributed by atoms with E-state index < -0.39 is 11.7 Å². The summed E-state index contributed by atoms with van der Waals surface area (Å²) in [6.45, 7) is 11.9. The van der Waals surface area contributed by atoms with Crippen LogP contribution in [0, 0.1) is 6.92 Å². The summed E-state index contributed by atoms with van der Waals surface area (Å²) in [4.78, 5) is 23.9. The molecule has 0 radical (unpaired) electrons. The van der Waals surface area contributed by atoms with Gasteiger partial charge in [0.15, 0.2) is 5.65 Å². The highest BCUT2D eigenvalue weighted by atomic mass is 16.6. The lowest BCUT2D eigenvalue weighted by Gasteiger charge is -2.28. The molecule has 0 saturated carbocycles. The molecule has 1 amide bonds. The Bertz CT molecular complexity index is 1160. The summed E-state index contributed by atoms with van der Waals surface area (Å²) >= 11 is 0. The maximum absolute atomic E-state index is 13.3. The number of ether oxygens (including phenoxy) is 1. The van der Waals surface area contributed by atoms with Gasteiger partial charge in [0.05, 0.1) is 18.4 Å². The van der Waals surface area contributed by atoms with Gasteiger partial charge in [0.25, 0.3) is 0 Å². The van der Waals surface area contributed by atoms with Crippen LogP contribution in [0.25, 0.3) is 11.2 Å². The van der Waals surface area contributed by atoms with Gasteiger partial charge in [-0.15, -0.1) is 0 Å². The van der Waals surface area contributed by atoms with Gasteiger partial charge in [0.1, 0.15) is 11.4 Å². The molecular formula is C26H33N5O2. The standard InChI is InChI=1S/C24H27N5O2.C2H6/c1-17-14-26-29-21(13-20(27-22(17)29)19-10-6-5-7-11-19)28(23(30)31-24(2,3)4)16-18-9-8-12-25-15-18;1-2/h5-6,8-10,12-15H,7,11,16H2,1-4H3;1-2H3. The molecule has 33 heavy (non-hydrogen) atoms. The molecule has 0 N–H and O–H groups in total. The van der Waals surface area contributed by atoms with Gasteiger partial charge in [-0.3, -0.25) is 9.88 Å². The Hall–Kier alpha value is -3.48. The van der Waals surface area contributed by atoms with Crippen LogP contribution in [0.15, 0.2) is 55.0 Å². The molecule has 0 bridgehead atoms. The van der Waals surface area contributed by atoms with Crippen molar-refractivity contribution >= 4 is 23.1 Å². The van der Waals surface area contributed by atoms with E-state index in [0.717, 1.165) is 40.9 Å². The zero-order valence-corrected chi connectivity index (χ0v) is 20.4. The number of hydrogen-bond acceptors (Lipinski definition) is 5. The van der Waals surface area contributed by atoms with Crippen LogP contribution in [0.5, 0.6) is 0 Å². The molecule has 3 heterocycles. The molecule has 1 aliphatic carbocycles. The summed E-state index contributed by atoms with van der Waals surface area (Å²) in [6, 6.07) is 5.71. The lowest BCUT2D eigenvalue weighted by atomic mass is 10.0. The number of amides is 1. The average molecular weight is 448 g/mol. The minimum atomic E-state index is -0.629. The van der Waals surface area contributed by atoms with Crippen molar-refractivity contribution in [2.45, 2.75) is 66.5 Å². The van der Waals surface area contributed by atoms with E-state index in [1.165, 1.54) is 0 Å². The molecule has 3 aromatic rings. The maximum atomic E-state index is 13.3. The Morgan fingerprint density at radius 2 is 2.03 bits per heavy atom. The molecule has 0 fully saturated rings. The normalized spacial score (nSPS) is 13.2. The number of fused-ring (bicyclic) bond motifs is 1. The van der Waals surface area contributed by atoms with Crippen molar-refractivity contribution in [2.75, 3.05) is 4.90 Å². The van der Waals surface area contributed by atoms with Crippen LogP contribution in [0.1, 0.15) is 64.3 Å². The third-order valence-electron chi connectivity index (χ3n) is 4.93. The van der Waals surface area contributed by atoms with Crippen molar-refractivity contribution in [2.24, 2.45) is 0 Å². The number of carbonyl (C=O) groups excluding carboxylic acids is 1. The van der Waals surface area contributed by atoms with Crippen LogP contribution in [0.2, 0.25) is 0 Å². The van der Waals surface area contributed by atoms with Crippen LogP contribution >= 0.6 is 0 Å². The van der Waals surface area contributed by atoms with E-state index in [4.69, 9.17) is 9.72 Å². The second kappa shape index (κ2) is 10.4. The molecule has 0 spiro atoms. The van der Waals surface area contributed by atoms with Gasteiger partial charge in [-0.1, -0.05) is 38.1 Å². The topological polar surface area (TPSA) is 72.6 Å². The number of allylic oxidation sites excluding steroid dienone is 4. The molecule has 174 valence electrons. The van der Waals surface area contributed by atoms with E-state index >= 15 is 0 Å². The Morgan fingerprint density at radius 3 is 2.67 bits per heavy atom. The van der Waals surface area contributed by atoms with Crippen molar-refractivity contribution in [3.8, 4) is 0 Å². The number of aromatic nitrogens is 4. The first-order valence-corrected chi connectivity index (χ1v) is 11.4. The number of nitrogens with zero attached hydrogens (tertiary/aromatic N) is 5. The number of rotatable bonds is 4. The molecule has 1 aliphatic rings. The van der Waals surface area contributed by atoms with Crippen LogP contribution < -0.4 is 4.90 Å². The van der Waals surface area contributed by atoms with Gasteiger partial charge in [0.2, 0.25) is 0 Å². The van der Waals surface area contributed by atoms with Gasteiger partial charge in [-0.05, 0) is 57.7 Å². The highest BCUT2D eigenvalue weighted by Gasteiger charge is 2.27. The minimum Gasteiger partial charge on any atom is -0.443 e. The third-order valence-corrected chi connectivity index (χ3v) is 4.93. The lowest BCUT2D eigenvalue weighted by Crippen LogP contribution is -2.37. The van der Waals surface area contributed by atoms with Crippen LogP contribution in [-0.4, -0.2) is 31.3 Å². The number of hydrogen-bond donors (Lipinski definition) is 0. The summed E-state index contributed by atoms with van der Waals surface area (Å²) in [6.07, 6.45) is 12.9. The molecule has 3 aromatic heterocycles. The largest absolute Gasteiger partial charge is 0.443 e. The SMILES string of the molecule is CC.Cc1cnn2c(N(Cc3cccnc3)C(=O)OC(C)(C)C)cc(C3=CC=CCC3)nc12. The number of aryl methyl sites for hydroxylation is 1. The summed E-state index contributed by atoms with van der Waals surface area (Å²) in [5.74, 6) is 0.613. The molecule has 7 heteroatoms. The summed E-state index contributed by atoms with van der Waals surface area (Å²) < 4.78 is 7.45. The highest BCUT2D eigenvalue weighted by molar-refractivity contribution is 5.88. The minimum absolute atomic E-state index is 0.305. The molecule has 0 atom stereocenters. The number of carbonyl (C=O) groups is 1. The predicted molar refractivity (Wildman–Crippen MR) is 132 cm³/mol. The van der Waals surface area contributed by atoms with E-state index in [1.807, 2.05) is 59.7 Å². The lowest BCUT2D eigenvalue weighted by molar-refractivity contribution is 0.0575. The molecular weight excluding hydrogens is 414 g/mol. The zero-order valence-electron chi connectivity index (χ0n) is 20.4. The maximum Gasteiger partial charge on any atom is 0.416 e. The van der Waals surface area contributed by atoms with E-state index in [1.54, 1.807) is 28.0 Å². The first kappa shape index (κ1) is 24.2. The van der Waals surface area contributed by atoms with Crippen molar-refractivity contribution in [1.82, 2.24) is 19.6 Å². The number of anilines is 1. The van der Waals surface area contributed by atoms with Crippen molar-refractivity contribution in [3.05, 3.63) is 71.8 Å². The molecule has 7 nitrogen and oxygen atoms in total. The van der Waals surface area contributed by atoms with Crippen molar-refractivity contribution in [1.29, 1.82) is 0 Å². The second-order valence-electron chi connectivity index (χ2n) is 8.65. The monoisotopic (exact) mass is 447 g/mol. The Labute approximate surface area is 195 Å². The Balaban J connectivity index is 0.00000149. The van der Waals surface area contributed by atoms with Crippen molar-refractivity contribution < 1.29 is 9.53 Å². The second-order valence-corrected chi connectivity index (χ2v) is 8.65. The predicted octanol–water partition coefficient (Wildman–Crippen LogP) is 6.13. The highest BCUT2D eigenvalue weighted by Crippen LogP contribution is 2.29. The molecule has 0 aliphatic heterocycles.